The summed E-state index contributed by atoms with van der Waals surface area (Å²) in [6, 6.07) is 12.4. The Labute approximate surface area is 146 Å². The molecule has 1 aromatic carbocycles. The lowest BCUT2D eigenvalue weighted by Crippen LogP contribution is -2.42. The van der Waals surface area contributed by atoms with Crippen molar-refractivity contribution in [3.05, 3.63) is 52.2 Å². The van der Waals surface area contributed by atoms with E-state index in [1.807, 2.05) is 24.3 Å². The van der Waals surface area contributed by atoms with Crippen molar-refractivity contribution < 1.29 is 9.53 Å². The van der Waals surface area contributed by atoms with Crippen LogP contribution in [0.3, 0.4) is 0 Å². The maximum Gasteiger partial charge on any atom is 0.261 e. The van der Waals surface area contributed by atoms with Crippen molar-refractivity contribution in [3.8, 4) is 5.75 Å². The molecule has 0 radical (unpaired) electrons. The number of likely N-dealkylation sites (tertiary alicyclic amines) is 1. The summed E-state index contributed by atoms with van der Waals surface area (Å²) in [5.41, 5.74) is 1.12. The Balaban J connectivity index is 1.39. The fraction of sp³-hybridized carbons (Fsp3) is 0.421. The highest BCUT2D eigenvalue weighted by molar-refractivity contribution is 7.10. The Kier molecular flexibility index (Phi) is 4.54. The van der Waals surface area contributed by atoms with Crippen LogP contribution in [0.5, 0.6) is 5.75 Å². The van der Waals surface area contributed by atoms with Gasteiger partial charge >= 0.3 is 0 Å². The lowest BCUT2D eigenvalue weighted by Gasteiger charge is -2.27. The van der Waals surface area contributed by atoms with Crippen LogP contribution in [0.1, 0.15) is 29.3 Å². The van der Waals surface area contributed by atoms with Gasteiger partial charge in [-0.1, -0.05) is 24.3 Å². The van der Waals surface area contributed by atoms with E-state index in [9.17, 15) is 4.79 Å². The number of ether oxygens (including phenoxy) is 1. The fourth-order valence-electron chi connectivity index (χ4n) is 3.58. The number of amides is 1. The minimum atomic E-state index is -0.398. The Hall–Kier alpha value is -1.85. The summed E-state index contributed by atoms with van der Waals surface area (Å²) in [5, 5.41) is 5.23. The minimum Gasteiger partial charge on any atom is -0.480 e. The summed E-state index contributed by atoms with van der Waals surface area (Å²) >= 11 is 1.77. The first kappa shape index (κ1) is 15.7. The lowest BCUT2D eigenvalue weighted by atomic mass is 10.1. The molecular formula is C19H22N2O2S. The van der Waals surface area contributed by atoms with E-state index < -0.39 is 6.10 Å². The van der Waals surface area contributed by atoms with Crippen LogP contribution in [0.15, 0.2) is 41.8 Å². The van der Waals surface area contributed by atoms with Crippen LogP contribution in [0.25, 0.3) is 0 Å². The molecule has 3 heterocycles. The second kappa shape index (κ2) is 6.95. The zero-order valence-electron chi connectivity index (χ0n) is 13.6. The third-order valence-electron chi connectivity index (χ3n) is 4.86. The topological polar surface area (TPSA) is 41.6 Å². The van der Waals surface area contributed by atoms with Gasteiger partial charge in [0.2, 0.25) is 0 Å². The zero-order chi connectivity index (χ0) is 16.4. The summed E-state index contributed by atoms with van der Waals surface area (Å²) in [5.74, 6) is 0.832. The molecule has 5 heteroatoms. The van der Waals surface area contributed by atoms with Crippen LogP contribution < -0.4 is 10.1 Å². The Morgan fingerprint density at radius 1 is 1.25 bits per heavy atom. The van der Waals surface area contributed by atoms with Gasteiger partial charge in [0.25, 0.3) is 5.91 Å². The molecule has 1 aromatic heterocycles. The largest absolute Gasteiger partial charge is 0.480 e. The van der Waals surface area contributed by atoms with Gasteiger partial charge in [-0.25, -0.2) is 0 Å². The van der Waals surface area contributed by atoms with Gasteiger partial charge in [-0.3, -0.25) is 9.69 Å². The molecule has 0 unspecified atom stereocenters. The van der Waals surface area contributed by atoms with Crippen molar-refractivity contribution in [1.29, 1.82) is 0 Å². The summed E-state index contributed by atoms with van der Waals surface area (Å²) in [7, 11) is 0. The number of thiophene rings is 1. The number of rotatable bonds is 5. The molecule has 2 atom stereocenters. The van der Waals surface area contributed by atoms with E-state index in [1.165, 1.54) is 17.7 Å². The molecule has 4 nitrogen and oxygen atoms in total. The van der Waals surface area contributed by atoms with Crippen molar-refractivity contribution in [2.45, 2.75) is 31.4 Å². The SMILES string of the molecule is O=C(NC[C@H](c1cccs1)N1CCCC1)[C@H]1Cc2ccccc2O1. The molecule has 0 bridgehead atoms. The van der Waals surface area contributed by atoms with Crippen molar-refractivity contribution in [2.75, 3.05) is 19.6 Å². The number of nitrogens with one attached hydrogen (secondary N) is 1. The van der Waals surface area contributed by atoms with E-state index in [2.05, 4.69) is 27.7 Å². The van der Waals surface area contributed by atoms with Crippen LogP contribution >= 0.6 is 11.3 Å². The standard InChI is InChI=1S/C19H22N2O2S/c22-19(17-12-14-6-1-2-7-16(14)23-17)20-13-15(18-8-5-11-24-18)21-9-3-4-10-21/h1-2,5-8,11,15,17H,3-4,9-10,12-13H2,(H,20,22)/t15-,17-/m1/s1. The number of nitrogens with zero attached hydrogens (tertiary/aromatic N) is 1. The Morgan fingerprint density at radius 2 is 2.08 bits per heavy atom. The predicted octanol–water partition coefficient (Wildman–Crippen LogP) is 3.00. The lowest BCUT2D eigenvalue weighted by molar-refractivity contribution is -0.127. The van der Waals surface area contributed by atoms with Gasteiger partial charge < -0.3 is 10.1 Å². The molecule has 126 valence electrons. The monoisotopic (exact) mass is 342 g/mol. The van der Waals surface area contributed by atoms with E-state index in [0.29, 0.717) is 13.0 Å². The third-order valence-corrected chi connectivity index (χ3v) is 5.84. The molecule has 0 aliphatic carbocycles. The molecule has 2 aliphatic rings. The van der Waals surface area contributed by atoms with Gasteiger partial charge in [0.1, 0.15) is 5.75 Å². The number of benzene rings is 1. The average Bonchev–Trinajstić information content (AvgIpc) is 3.35. The van der Waals surface area contributed by atoms with Crippen molar-refractivity contribution >= 4 is 17.2 Å². The molecule has 2 aliphatic heterocycles. The molecule has 4 rings (SSSR count). The predicted molar refractivity (Wildman–Crippen MR) is 95.4 cm³/mol. The van der Waals surface area contributed by atoms with Gasteiger partial charge in [0.05, 0.1) is 6.04 Å². The van der Waals surface area contributed by atoms with E-state index in [-0.39, 0.29) is 11.9 Å². The maximum atomic E-state index is 12.6. The number of fused-ring (bicyclic) bond motifs is 1. The maximum absolute atomic E-state index is 12.6. The van der Waals surface area contributed by atoms with Crippen LogP contribution in [0.4, 0.5) is 0 Å². The first-order valence-electron chi connectivity index (χ1n) is 8.61. The van der Waals surface area contributed by atoms with Gasteiger partial charge in [-0.15, -0.1) is 11.3 Å². The Bertz CT molecular complexity index is 670. The normalized spacial score (nSPS) is 21.2. The first-order chi connectivity index (χ1) is 11.8. The third kappa shape index (κ3) is 3.19. The quantitative estimate of drug-likeness (QED) is 0.908. The number of hydrogen-bond donors (Lipinski definition) is 1. The van der Waals surface area contributed by atoms with E-state index in [4.69, 9.17) is 4.74 Å². The number of carbonyl (C=O) groups is 1. The minimum absolute atomic E-state index is 0.00745. The van der Waals surface area contributed by atoms with Gasteiger partial charge in [0, 0.05) is 17.8 Å². The van der Waals surface area contributed by atoms with Crippen molar-refractivity contribution in [2.24, 2.45) is 0 Å². The number of hydrogen-bond acceptors (Lipinski definition) is 4. The first-order valence-corrected chi connectivity index (χ1v) is 9.49. The molecule has 0 saturated carbocycles. The molecule has 1 amide bonds. The smallest absolute Gasteiger partial charge is 0.261 e. The van der Waals surface area contributed by atoms with Crippen LogP contribution in [-0.2, 0) is 11.2 Å². The zero-order valence-corrected chi connectivity index (χ0v) is 14.4. The molecule has 1 N–H and O–H groups in total. The molecule has 2 aromatic rings. The number of para-hydroxylation sites is 1. The van der Waals surface area contributed by atoms with E-state index in [0.717, 1.165) is 24.4 Å². The summed E-state index contributed by atoms with van der Waals surface area (Å²) in [4.78, 5) is 16.4. The summed E-state index contributed by atoms with van der Waals surface area (Å²) in [6.07, 6.45) is 2.76. The molecule has 1 fully saturated rings. The number of carbonyl (C=O) groups excluding carboxylic acids is 1. The van der Waals surface area contributed by atoms with Crippen LogP contribution in [-0.4, -0.2) is 36.5 Å². The van der Waals surface area contributed by atoms with Gasteiger partial charge in [0.15, 0.2) is 6.10 Å². The van der Waals surface area contributed by atoms with Crippen molar-refractivity contribution in [1.82, 2.24) is 10.2 Å². The molecule has 24 heavy (non-hydrogen) atoms. The highest BCUT2D eigenvalue weighted by Gasteiger charge is 2.30. The average molecular weight is 342 g/mol. The molecule has 1 saturated heterocycles. The van der Waals surface area contributed by atoms with Crippen molar-refractivity contribution in [3.63, 3.8) is 0 Å². The fourth-order valence-corrected chi connectivity index (χ4v) is 4.44. The van der Waals surface area contributed by atoms with E-state index >= 15 is 0 Å². The Morgan fingerprint density at radius 3 is 2.83 bits per heavy atom. The second-order valence-electron chi connectivity index (χ2n) is 6.44. The van der Waals surface area contributed by atoms with Gasteiger partial charge in [-0.05, 0) is 49.0 Å². The summed E-state index contributed by atoms with van der Waals surface area (Å²) < 4.78 is 5.79. The van der Waals surface area contributed by atoms with Gasteiger partial charge in [-0.2, -0.15) is 0 Å². The molecule has 0 spiro atoms. The molecular weight excluding hydrogens is 320 g/mol. The van der Waals surface area contributed by atoms with Crippen LogP contribution in [0, 0.1) is 0 Å². The highest BCUT2D eigenvalue weighted by atomic mass is 32.1. The van der Waals surface area contributed by atoms with Crippen LogP contribution in [0.2, 0.25) is 0 Å². The highest BCUT2D eigenvalue weighted by Crippen LogP contribution is 2.30. The summed E-state index contributed by atoms with van der Waals surface area (Å²) in [6.45, 7) is 2.88. The van der Waals surface area contributed by atoms with E-state index in [1.54, 1.807) is 11.3 Å². The second-order valence-corrected chi connectivity index (χ2v) is 7.42.